The van der Waals surface area contributed by atoms with Crippen molar-refractivity contribution in [3.63, 3.8) is 0 Å². The van der Waals surface area contributed by atoms with Crippen LogP contribution in [-0.4, -0.2) is 20.2 Å². The first-order valence-corrected chi connectivity index (χ1v) is 5.32. The van der Waals surface area contributed by atoms with E-state index in [9.17, 15) is 9.90 Å². The highest BCUT2D eigenvalue weighted by Gasteiger charge is 2.19. The number of rotatable bonds is 3. The fourth-order valence-corrected chi connectivity index (χ4v) is 2.12. The van der Waals surface area contributed by atoms with Gasteiger partial charge in [-0.2, -0.15) is 0 Å². The van der Waals surface area contributed by atoms with Gasteiger partial charge < -0.3 is 19.4 Å². The van der Waals surface area contributed by atoms with Gasteiger partial charge in [0.25, 0.3) is 0 Å². The summed E-state index contributed by atoms with van der Waals surface area (Å²) in [6, 6.07) is 3.71. The first-order chi connectivity index (χ1) is 8.15. The third kappa shape index (κ3) is 2.11. The second kappa shape index (κ2) is 4.49. The van der Waals surface area contributed by atoms with Crippen LogP contribution >= 0.6 is 0 Å². The van der Waals surface area contributed by atoms with Crippen molar-refractivity contribution in [2.24, 2.45) is 0 Å². The molecule has 0 unspecified atom stereocenters. The Morgan fingerprint density at radius 1 is 1.24 bits per heavy atom. The standard InChI is InChI=1S/C13H14O4/c1-16-11-5-8-3-4-9(6-13(14)15)10(8)7-12(11)17-2/h5-7H,3-4H2,1-2H3,(H,14,15)/p-1/b9-6-. The van der Waals surface area contributed by atoms with Crippen molar-refractivity contribution in [3.05, 3.63) is 29.3 Å². The van der Waals surface area contributed by atoms with Crippen LogP contribution in [0.2, 0.25) is 0 Å². The molecule has 0 bridgehead atoms. The maximum Gasteiger partial charge on any atom is 0.161 e. The van der Waals surface area contributed by atoms with E-state index in [0.29, 0.717) is 17.9 Å². The molecule has 1 aromatic rings. The lowest BCUT2D eigenvalue weighted by Gasteiger charge is -2.10. The zero-order chi connectivity index (χ0) is 12.4. The lowest BCUT2D eigenvalue weighted by molar-refractivity contribution is -0.297. The summed E-state index contributed by atoms with van der Waals surface area (Å²) in [6.45, 7) is 0. The van der Waals surface area contributed by atoms with Crippen LogP contribution in [-0.2, 0) is 11.2 Å². The minimum atomic E-state index is -1.16. The van der Waals surface area contributed by atoms with Crippen LogP contribution in [0.4, 0.5) is 0 Å². The zero-order valence-electron chi connectivity index (χ0n) is 9.78. The number of carbonyl (C=O) groups excluding carboxylic acids is 1. The first-order valence-electron chi connectivity index (χ1n) is 5.32. The van der Waals surface area contributed by atoms with Crippen molar-refractivity contribution in [1.29, 1.82) is 0 Å². The van der Waals surface area contributed by atoms with Gasteiger partial charge in [0.2, 0.25) is 0 Å². The van der Waals surface area contributed by atoms with E-state index in [4.69, 9.17) is 9.47 Å². The normalized spacial score (nSPS) is 15.8. The second-order valence-electron chi connectivity index (χ2n) is 3.85. The average Bonchev–Trinajstić information content (AvgIpc) is 2.69. The number of allylic oxidation sites excluding steroid dienone is 1. The highest BCUT2D eigenvalue weighted by molar-refractivity contribution is 5.91. The maximum atomic E-state index is 10.6. The number of ether oxygens (including phenoxy) is 2. The molecule has 0 spiro atoms. The predicted molar refractivity (Wildman–Crippen MR) is 60.9 cm³/mol. The summed E-state index contributed by atoms with van der Waals surface area (Å²) < 4.78 is 10.4. The number of hydrogen-bond acceptors (Lipinski definition) is 4. The topological polar surface area (TPSA) is 58.6 Å². The van der Waals surface area contributed by atoms with E-state index in [2.05, 4.69) is 0 Å². The summed E-state index contributed by atoms with van der Waals surface area (Å²) in [7, 11) is 3.14. The smallest absolute Gasteiger partial charge is 0.161 e. The monoisotopic (exact) mass is 233 g/mol. The van der Waals surface area contributed by atoms with Crippen molar-refractivity contribution >= 4 is 11.5 Å². The number of carboxylic acids is 1. The summed E-state index contributed by atoms with van der Waals surface area (Å²) in [5.41, 5.74) is 2.77. The van der Waals surface area contributed by atoms with Gasteiger partial charge in [-0.1, -0.05) is 0 Å². The number of carboxylic acid groups (broad SMARTS) is 1. The SMILES string of the molecule is COc1cc2c(cc1OC)/C(=C\C(=O)[O-])CC2. The average molecular weight is 233 g/mol. The van der Waals surface area contributed by atoms with E-state index in [-0.39, 0.29) is 0 Å². The summed E-state index contributed by atoms with van der Waals surface area (Å²) in [6.07, 6.45) is 2.67. The van der Waals surface area contributed by atoms with Crippen LogP contribution in [0.15, 0.2) is 18.2 Å². The van der Waals surface area contributed by atoms with E-state index in [1.165, 1.54) is 0 Å². The second-order valence-corrected chi connectivity index (χ2v) is 3.85. The Balaban J connectivity index is 2.50. The number of benzene rings is 1. The molecule has 4 nitrogen and oxygen atoms in total. The van der Waals surface area contributed by atoms with Crippen LogP contribution < -0.4 is 14.6 Å². The largest absolute Gasteiger partial charge is 0.545 e. The molecule has 0 N–H and O–H groups in total. The van der Waals surface area contributed by atoms with E-state index in [1.54, 1.807) is 14.2 Å². The van der Waals surface area contributed by atoms with Gasteiger partial charge in [-0.15, -0.1) is 0 Å². The number of methoxy groups -OCH3 is 2. The maximum absolute atomic E-state index is 10.6. The summed E-state index contributed by atoms with van der Waals surface area (Å²) in [4.78, 5) is 10.6. The molecule has 1 aliphatic rings. The Bertz CT molecular complexity index is 488. The van der Waals surface area contributed by atoms with Gasteiger partial charge in [-0.25, -0.2) is 0 Å². The molecule has 0 saturated heterocycles. The lowest BCUT2D eigenvalue weighted by Crippen LogP contribution is -2.19. The molecule has 0 fully saturated rings. The summed E-state index contributed by atoms with van der Waals surface area (Å²) in [5, 5.41) is 10.6. The fourth-order valence-electron chi connectivity index (χ4n) is 2.12. The van der Waals surface area contributed by atoms with Crippen LogP contribution in [0, 0.1) is 0 Å². The third-order valence-electron chi connectivity index (χ3n) is 2.91. The van der Waals surface area contributed by atoms with Gasteiger partial charge in [-0.3, -0.25) is 0 Å². The predicted octanol–water partition coefficient (Wildman–Crippen LogP) is 0.783. The van der Waals surface area contributed by atoms with Gasteiger partial charge in [-0.05, 0) is 47.8 Å². The van der Waals surface area contributed by atoms with Crippen molar-refractivity contribution < 1.29 is 19.4 Å². The minimum absolute atomic E-state index is 0.609. The quantitative estimate of drug-likeness (QED) is 0.724. The van der Waals surface area contributed by atoms with Gasteiger partial charge in [0, 0.05) is 0 Å². The Morgan fingerprint density at radius 2 is 1.88 bits per heavy atom. The molecule has 0 saturated carbocycles. The molecule has 0 heterocycles. The van der Waals surface area contributed by atoms with Crippen molar-refractivity contribution in [3.8, 4) is 11.5 Å². The molecule has 90 valence electrons. The molecule has 0 radical (unpaired) electrons. The molecule has 2 rings (SSSR count). The molecule has 1 aliphatic carbocycles. The van der Waals surface area contributed by atoms with Crippen molar-refractivity contribution in [2.45, 2.75) is 12.8 Å². The molecule has 0 amide bonds. The van der Waals surface area contributed by atoms with Gasteiger partial charge in [0.05, 0.1) is 20.2 Å². The lowest BCUT2D eigenvalue weighted by atomic mass is 10.1. The Morgan fingerprint density at radius 3 is 2.47 bits per heavy atom. The molecule has 0 aromatic heterocycles. The Labute approximate surface area is 99.5 Å². The van der Waals surface area contributed by atoms with Gasteiger partial charge in [0.15, 0.2) is 11.5 Å². The molecule has 0 atom stereocenters. The van der Waals surface area contributed by atoms with Crippen LogP contribution in [0.25, 0.3) is 5.57 Å². The number of aliphatic carboxylic acids is 1. The van der Waals surface area contributed by atoms with Gasteiger partial charge >= 0.3 is 0 Å². The molecule has 0 aliphatic heterocycles. The minimum Gasteiger partial charge on any atom is -0.545 e. The number of hydrogen-bond donors (Lipinski definition) is 0. The van der Waals surface area contributed by atoms with Crippen molar-refractivity contribution in [1.82, 2.24) is 0 Å². The highest BCUT2D eigenvalue weighted by atomic mass is 16.5. The van der Waals surface area contributed by atoms with E-state index in [0.717, 1.165) is 29.2 Å². The number of aryl methyl sites for hydroxylation is 1. The van der Waals surface area contributed by atoms with E-state index >= 15 is 0 Å². The van der Waals surface area contributed by atoms with Crippen LogP contribution in [0.3, 0.4) is 0 Å². The molecule has 1 aromatic carbocycles. The van der Waals surface area contributed by atoms with Gasteiger partial charge in [0.1, 0.15) is 0 Å². The van der Waals surface area contributed by atoms with Crippen molar-refractivity contribution in [2.75, 3.05) is 14.2 Å². The summed E-state index contributed by atoms with van der Waals surface area (Å²) in [5.74, 6) is 0.112. The molecule has 4 heteroatoms. The molecule has 17 heavy (non-hydrogen) atoms. The Hall–Kier alpha value is -1.97. The third-order valence-corrected chi connectivity index (χ3v) is 2.91. The highest BCUT2D eigenvalue weighted by Crippen LogP contribution is 2.39. The summed E-state index contributed by atoms with van der Waals surface area (Å²) >= 11 is 0. The first kappa shape index (κ1) is 11.5. The zero-order valence-corrected chi connectivity index (χ0v) is 9.78. The van der Waals surface area contributed by atoms with Crippen LogP contribution in [0.1, 0.15) is 17.5 Å². The molecular formula is C13H13O4-. The fraction of sp³-hybridized carbons (Fsp3) is 0.308. The Kier molecular flexibility index (Phi) is 3.04. The molecular weight excluding hydrogens is 220 g/mol. The van der Waals surface area contributed by atoms with Crippen LogP contribution in [0.5, 0.6) is 11.5 Å². The van der Waals surface area contributed by atoms with E-state index in [1.807, 2.05) is 12.1 Å². The number of carbonyl (C=O) groups is 1. The van der Waals surface area contributed by atoms with E-state index < -0.39 is 5.97 Å². The number of fused-ring (bicyclic) bond motifs is 1.